The summed E-state index contributed by atoms with van der Waals surface area (Å²) in [6, 6.07) is 9.73. The highest BCUT2D eigenvalue weighted by molar-refractivity contribution is 8.03. The first-order valence-corrected chi connectivity index (χ1v) is 18.9. The molecular formula is C35H38N6O11S2. The Morgan fingerprint density at radius 3 is 2.09 bits per heavy atom. The molecule has 5 rings (SSSR count). The number of β-lactam (4-membered cyclic amide) rings is 1. The second-order valence-electron chi connectivity index (χ2n) is 13.0. The summed E-state index contributed by atoms with van der Waals surface area (Å²) in [6.07, 6.45) is 0.334. The second-order valence-corrected chi connectivity index (χ2v) is 15.8. The summed E-state index contributed by atoms with van der Waals surface area (Å²) in [6.45, 7) is 4.81. The average molecular weight is 783 g/mol. The molecule has 2 aromatic carbocycles. The Kier molecular flexibility index (Phi) is 12.5. The van der Waals surface area contributed by atoms with Crippen LogP contribution >= 0.6 is 23.5 Å². The van der Waals surface area contributed by atoms with Gasteiger partial charge in [-0.25, -0.2) is 9.59 Å². The van der Waals surface area contributed by atoms with Crippen molar-refractivity contribution in [2.45, 2.75) is 69.1 Å². The standard InChI is InChI=1S/C35H38N6O11S2/c1-5-53-31(33(44)37(4)18-36)26-14-25(15-38(26)35(46)52-17-22-8-12-24(13-9-22)41(49)50)54-30-19(2)28-27(20(3)42)32(43)39(28)29(30)34(45)51-16-21-6-10-23(11-7-21)40(47)48/h6-13,19-20,25-28,31,42H,5,14-17H2,1-4H3/t19-,20-,25+,26+,27-,28-,31?/m1/s1. The normalized spacial score (nSPS) is 22.8. The SMILES string of the molecule is CCSC(C(=O)N(C)C#N)[C@@H]1C[C@H](SC2=C(C(=O)OCc3ccc([N+](=O)[O-])cc3)N3C(=O)[C@H]([C@@H](C)O)[C@H]3[C@H]2C)CN1C(=O)OCc1ccc([N+](=O)[O-])cc1. The minimum absolute atomic E-state index is 0.0110. The molecule has 2 fully saturated rings. The molecule has 19 heteroatoms. The zero-order chi connectivity index (χ0) is 39.4. The van der Waals surface area contributed by atoms with Crippen molar-refractivity contribution in [3.8, 4) is 6.19 Å². The van der Waals surface area contributed by atoms with E-state index in [2.05, 4.69) is 0 Å². The fourth-order valence-electron chi connectivity index (χ4n) is 6.90. The topological polar surface area (TPSA) is 227 Å². The molecule has 1 N–H and O–H groups in total. The molecule has 3 aliphatic rings. The van der Waals surface area contributed by atoms with E-state index in [4.69, 9.17) is 9.47 Å². The Balaban J connectivity index is 1.42. The molecule has 0 spiro atoms. The first-order chi connectivity index (χ1) is 25.7. The number of rotatable bonds is 14. The van der Waals surface area contributed by atoms with Crippen LogP contribution in [0.4, 0.5) is 16.2 Å². The number of nitro groups is 2. The van der Waals surface area contributed by atoms with Crippen molar-refractivity contribution in [3.05, 3.63) is 90.5 Å². The van der Waals surface area contributed by atoms with Crippen LogP contribution in [0.15, 0.2) is 59.1 Å². The van der Waals surface area contributed by atoms with Gasteiger partial charge in [0.25, 0.3) is 17.3 Å². The molecule has 0 aromatic heterocycles. The maximum Gasteiger partial charge on any atom is 0.410 e. The first-order valence-electron chi connectivity index (χ1n) is 17.0. The molecule has 2 aromatic rings. The molecule has 54 heavy (non-hydrogen) atoms. The number of nitrogens with zero attached hydrogens (tertiary/aromatic N) is 6. The summed E-state index contributed by atoms with van der Waals surface area (Å²) in [5.74, 6) is -2.44. The molecule has 3 aliphatic heterocycles. The van der Waals surface area contributed by atoms with Crippen molar-refractivity contribution in [1.82, 2.24) is 14.7 Å². The first kappa shape index (κ1) is 40.0. The van der Waals surface area contributed by atoms with Gasteiger partial charge >= 0.3 is 12.1 Å². The Morgan fingerprint density at radius 1 is 1.04 bits per heavy atom. The van der Waals surface area contributed by atoms with Crippen LogP contribution < -0.4 is 0 Å². The number of aliphatic hydroxyl groups is 1. The predicted molar refractivity (Wildman–Crippen MR) is 195 cm³/mol. The van der Waals surface area contributed by atoms with Crippen LogP contribution in [0.5, 0.6) is 0 Å². The van der Waals surface area contributed by atoms with Gasteiger partial charge in [0.2, 0.25) is 5.91 Å². The van der Waals surface area contributed by atoms with Crippen LogP contribution in [0.2, 0.25) is 0 Å². The van der Waals surface area contributed by atoms with E-state index in [-0.39, 0.29) is 43.3 Å². The van der Waals surface area contributed by atoms with Crippen LogP contribution in [0.1, 0.15) is 38.3 Å². The minimum atomic E-state index is -0.991. The van der Waals surface area contributed by atoms with E-state index in [0.29, 0.717) is 21.8 Å². The van der Waals surface area contributed by atoms with Crippen LogP contribution in [0.25, 0.3) is 0 Å². The monoisotopic (exact) mass is 782 g/mol. The highest BCUT2D eigenvalue weighted by Gasteiger charge is 2.61. The summed E-state index contributed by atoms with van der Waals surface area (Å²) >= 11 is 2.54. The van der Waals surface area contributed by atoms with Crippen molar-refractivity contribution >= 4 is 58.8 Å². The number of fused-ring (bicyclic) bond motifs is 1. The summed E-state index contributed by atoms with van der Waals surface area (Å²) in [7, 11) is 1.34. The average Bonchev–Trinajstić information content (AvgIpc) is 3.67. The van der Waals surface area contributed by atoms with E-state index >= 15 is 0 Å². The molecule has 3 heterocycles. The van der Waals surface area contributed by atoms with Gasteiger partial charge in [0, 0.05) is 53.9 Å². The third kappa shape index (κ3) is 8.15. The summed E-state index contributed by atoms with van der Waals surface area (Å²) in [4.78, 5) is 79.5. The number of likely N-dealkylation sites (tertiary alicyclic amines) is 1. The summed E-state index contributed by atoms with van der Waals surface area (Å²) in [5.41, 5.74) is 0.737. The molecule has 7 atom stereocenters. The lowest BCUT2D eigenvalue weighted by Crippen LogP contribution is -2.63. The Labute approximate surface area is 318 Å². The lowest BCUT2D eigenvalue weighted by atomic mass is 9.79. The summed E-state index contributed by atoms with van der Waals surface area (Å²) in [5, 5.41) is 40.8. The van der Waals surface area contributed by atoms with E-state index in [9.17, 15) is 49.8 Å². The van der Waals surface area contributed by atoms with Crippen LogP contribution in [0.3, 0.4) is 0 Å². The van der Waals surface area contributed by atoms with E-state index in [0.717, 1.165) is 4.90 Å². The number of benzene rings is 2. The van der Waals surface area contributed by atoms with E-state index in [1.54, 1.807) is 0 Å². The molecule has 0 radical (unpaired) electrons. The molecule has 3 amide bonds. The van der Waals surface area contributed by atoms with Crippen molar-refractivity contribution in [3.63, 3.8) is 0 Å². The van der Waals surface area contributed by atoms with Gasteiger partial charge in [-0.2, -0.15) is 5.26 Å². The number of carbonyl (C=O) groups excluding carboxylic acids is 4. The fourth-order valence-corrected chi connectivity index (χ4v) is 9.57. The third-order valence-electron chi connectivity index (χ3n) is 9.58. The number of aliphatic hydroxyl groups excluding tert-OH is 1. The van der Waals surface area contributed by atoms with Gasteiger partial charge in [0.15, 0.2) is 6.19 Å². The van der Waals surface area contributed by atoms with Crippen LogP contribution in [-0.4, -0.2) is 102 Å². The molecule has 17 nitrogen and oxygen atoms in total. The highest BCUT2D eigenvalue weighted by Crippen LogP contribution is 2.53. The zero-order valence-corrected chi connectivity index (χ0v) is 31.4. The molecule has 1 unspecified atom stereocenters. The van der Waals surface area contributed by atoms with Gasteiger partial charge < -0.3 is 24.4 Å². The summed E-state index contributed by atoms with van der Waals surface area (Å²) < 4.78 is 11.3. The van der Waals surface area contributed by atoms with Crippen molar-refractivity contribution in [1.29, 1.82) is 5.26 Å². The van der Waals surface area contributed by atoms with Gasteiger partial charge in [0.1, 0.15) is 24.2 Å². The van der Waals surface area contributed by atoms with Crippen molar-refractivity contribution in [2.75, 3.05) is 19.3 Å². The largest absolute Gasteiger partial charge is 0.456 e. The smallest absolute Gasteiger partial charge is 0.410 e. The Hall–Kier alpha value is -5.19. The molecule has 0 aliphatic carbocycles. The molecule has 0 saturated carbocycles. The third-order valence-corrected chi connectivity index (χ3v) is 12.3. The zero-order valence-electron chi connectivity index (χ0n) is 29.7. The van der Waals surface area contributed by atoms with E-state index in [1.807, 2.05) is 20.0 Å². The van der Waals surface area contributed by atoms with Gasteiger partial charge in [0.05, 0.1) is 34.0 Å². The molecule has 286 valence electrons. The highest BCUT2D eigenvalue weighted by atomic mass is 32.2. The molecular weight excluding hydrogens is 745 g/mol. The molecule has 2 saturated heterocycles. The fraction of sp³-hybridized carbons (Fsp3) is 0.457. The van der Waals surface area contributed by atoms with Crippen molar-refractivity contribution < 1.29 is 43.6 Å². The van der Waals surface area contributed by atoms with Crippen LogP contribution in [0, 0.1) is 43.5 Å². The number of thioether (sulfide) groups is 2. The number of carbonyl (C=O) groups is 4. The second kappa shape index (κ2) is 16.9. The Morgan fingerprint density at radius 2 is 1.59 bits per heavy atom. The van der Waals surface area contributed by atoms with E-state index in [1.165, 1.54) is 95.8 Å². The lowest BCUT2D eigenvalue weighted by Gasteiger charge is -2.46. The van der Waals surface area contributed by atoms with Gasteiger partial charge in [-0.05, 0) is 54.5 Å². The number of amides is 3. The number of nitriles is 1. The van der Waals surface area contributed by atoms with Gasteiger partial charge in [-0.15, -0.1) is 23.5 Å². The molecule has 0 bridgehead atoms. The predicted octanol–water partition coefficient (Wildman–Crippen LogP) is 4.19. The lowest BCUT2D eigenvalue weighted by molar-refractivity contribution is -0.385. The number of hydrogen-bond acceptors (Lipinski definition) is 14. The maximum atomic E-state index is 13.8. The van der Waals surface area contributed by atoms with E-state index < -0.39 is 74.2 Å². The number of ether oxygens (including phenoxy) is 2. The maximum absolute atomic E-state index is 13.8. The number of esters is 1. The van der Waals surface area contributed by atoms with Crippen molar-refractivity contribution in [2.24, 2.45) is 11.8 Å². The number of nitro benzene ring substituents is 2. The van der Waals surface area contributed by atoms with Crippen LogP contribution in [-0.2, 0) is 37.1 Å². The van der Waals surface area contributed by atoms with Gasteiger partial charge in [-0.1, -0.05) is 13.8 Å². The van der Waals surface area contributed by atoms with Gasteiger partial charge in [-0.3, -0.25) is 34.7 Å². The number of non-ortho nitro benzene ring substituents is 2. The quantitative estimate of drug-likeness (QED) is 0.0708. The minimum Gasteiger partial charge on any atom is -0.456 e. The Bertz CT molecular complexity index is 1880. The number of hydrogen-bond donors (Lipinski definition) is 1.